The molecule has 1 atom stereocenters. The van der Waals surface area contributed by atoms with Crippen LogP contribution in [0.15, 0.2) is 30.3 Å². The van der Waals surface area contributed by atoms with E-state index in [1.165, 1.54) is 19.3 Å². The van der Waals surface area contributed by atoms with Crippen molar-refractivity contribution in [2.75, 3.05) is 26.2 Å². The topological polar surface area (TPSA) is 49.5 Å². The molecule has 1 aromatic rings. The number of nitrogens with zero attached hydrogens (tertiary/aromatic N) is 1. The maximum absolute atomic E-state index is 10.8. The molecule has 3 heteroatoms. The molecule has 0 spiro atoms. The van der Waals surface area contributed by atoms with Crippen LogP contribution in [-0.4, -0.2) is 36.2 Å². The van der Waals surface area contributed by atoms with Crippen LogP contribution < -0.4 is 5.73 Å². The minimum Gasteiger partial charge on any atom is -0.382 e. The van der Waals surface area contributed by atoms with Crippen LogP contribution in [0, 0.1) is 5.92 Å². The summed E-state index contributed by atoms with van der Waals surface area (Å²) < 4.78 is 0. The normalized spacial score (nSPS) is 19.2. The zero-order chi connectivity index (χ0) is 13.7. The van der Waals surface area contributed by atoms with Gasteiger partial charge >= 0.3 is 0 Å². The molecule has 0 amide bonds. The second-order valence-electron chi connectivity index (χ2n) is 5.73. The number of aliphatic hydroxyl groups is 1. The lowest BCUT2D eigenvalue weighted by molar-refractivity contribution is 0.000543. The molecular formula is C16H26N2O. The van der Waals surface area contributed by atoms with Crippen molar-refractivity contribution in [2.45, 2.75) is 31.8 Å². The van der Waals surface area contributed by atoms with Crippen LogP contribution in [0.3, 0.4) is 0 Å². The van der Waals surface area contributed by atoms with Gasteiger partial charge in [-0.15, -0.1) is 0 Å². The van der Waals surface area contributed by atoms with Crippen molar-refractivity contribution < 1.29 is 5.11 Å². The van der Waals surface area contributed by atoms with Crippen LogP contribution in [0.5, 0.6) is 0 Å². The first-order chi connectivity index (χ1) is 9.18. The van der Waals surface area contributed by atoms with Gasteiger partial charge in [0.1, 0.15) is 5.60 Å². The van der Waals surface area contributed by atoms with Crippen LogP contribution in [0.2, 0.25) is 0 Å². The monoisotopic (exact) mass is 262 g/mol. The van der Waals surface area contributed by atoms with E-state index in [1.807, 2.05) is 30.3 Å². The largest absolute Gasteiger partial charge is 0.382 e. The predicted octanol–water partition coefficient (Wildman–Crippen LogP) is 1.95. The summed E-state index contributed by atoms with van der Waals surface area (Å²) in [5.41, 5.74) is 5.83. The number of hydrogen-bond acceptors (Lipinski definition) is 3. The van der Waals surface area contributed by atoms with Gasteiger partial charge in [-0.25, -0.2) is 0 Å². The number of hydrogen-bond donors (Lipinski definition) is 2. The Morgan fingerprint density at radius 3 is 2.47 bits per heavy atom. The van der Waals surface area contributed by atoms with Gasteiger partial charge in [-0.05, 0) is 30.9 Å². The van der Waals surface area contributed by atoms with Gasteiger partial charge < -0.3 is 15.7 Å². The molecule has 0 aromatic heterocycles. The number of nitrogens with two attached hydrogens (primary N) is 1. The van der Waals surface area contributed by atoms with Gasteiger partial charge in [0.05, 0.1) is 0 Å². The summed E-state index contributed by atoms with van der Waals surface area (Å²) in [6, 6.07) is 9.80. The third kappa shape index (κ3) is 3.56. The Labute approximate surface area is 116 Å². The van der Waals surface area contributed by atoms with E-state index in [0.717, 1.165) is 24.6 Å². The summed E-state index contributed by atoms with van der Waals surface area (Å²) in [5.74, 6) is 0.817. The lowest BCUT2D eigenvalue weighted by Gasteiger charge is -2.37. The van der Waals surface area contributed by atoms with E-state index in [-0.39, 0.29) is 6.54 Å². The van der Waals surface area contributed by atoms with Gasteiger partial charge in [-0.2, -0.15) is 0 Å². The molecule has 106 valence electrons. The smallest absolute Gasteiger partial charge is 0.114 e. The molecule has 0 heterocycles. The molecule has 1 unspecified atom stereocenters. The fourth-order valence-electron chi connectivity index (χ4n) is 2.74. The molecule has 0 radical (unpaired) electrons. The predicted molar refractivity (Wildman–Crippen MR) is 78.8 cm³/mol. The molecule has 1 aliphatic rings. The van der Waals surface area contributed by atoms with Crippen LogP contribution in [0.25, 0.3) is 0 Å². The third-order valence-electron chi connectivity index (χ3n) is 4.32. The van der Waals surface area contributed by atoms with Gasteiger partial charge in [0, 0.05) is 19.6 Å². The second-order valence-corrected chi connectivity index (χ2v) is 5.73. The van der Waals surface area contributed by atoms with Gasteiger partial charge in [-0.3, -0.25) is 0 Å². The summed E-state index contributed by atoms with van der Waals surface area (Å²) >= 11 is 0. The molecular weight excluding hydrogens is 236 g/mol. The summed E-state index contributed by atoms with van der Waals surface area (Å²) in [4.78, 5) is 2.34. The van der Waals surface area contributed by atoms with Crippen molar-refractivity contribution in [1.82, 2.24) is 4.90 Å². The van der Waals surface area contributed by atoms with E-state index < -0.39 is 5.60 Å². The van der Waals surface area contributed by atoms with Gasteiger partial charge in [-0.1, -0.05) is 43.7 Å². The lowest BCUT2D eigenvalue weighted by Crippen LogP contribution is -2.47. The Morgan fingerprint density at radius 2 is 2.00 bits per heavy atom. The fraction of sp³-hybridized carbons (Fsp3) is 0.625. The Bertz CT molecular complexity index is 378. The third-order valence-corrected chi connectivity index (χ3v) is 4.32. The van der Waals surface area contributed by atoms with E-state index in [0.29, 0.717) is 6.54 Å². The van der Waals surface area contributed by atoms with E-state index >= 15 is 0 Å². The van der Waals surface area contributed by atoms with Crippen LogP contribution in [0.4, 0.5) is 0 Å². The molecule has 3 N–H and O–H groups in total. The second kappa shape index (κ2) is 6.51. The first-order valence-corrected chi connectivity index (χ1v) is 7.38. The first kappa shape index (κ1) is 14.5. The maximum Gasteiger partial charge on any atom is 0.114 e. The molecule has 3 nitrogen and oxygen atoms in total. The molecule has 0 bridgehead atoms. The minimum absolute atomic E-state index is 0.262. The quantitative estimate of drug-likeness (QED) is 0.789. The molecule has 2 rings (SSSR count). The van der Waals surface area contributed by atoms with E-state index in [1.54, 1.807) is 0 Å². The highest BCUT2D eigenvalue weighted by Gasteiger charge is 2.31. The fourth-order valence-corrected chi connectivity index (χ4v) is 2.74. The number of benzene rings is 1. The molecule has 1 fully saturated rings. The molecule has 1 aromatic carbocycles. The summed E-state index contributed by atoms with van der Waals surface area (Å²) in [7, 11) is 0. The molecule has 1 saturated carbocycles. The molecule has 19 heavy (non-hydrogen) atoms. The van der Waals surface area contributed by atoms with Crippen LogP contribution >= 0.6 is 0 Å². The van der Waals surface area contributed by atoms with Crippen molar-refractivity contribution in [2.24, 2.45) is 11.7 Å². The average molecular weight is 262 g/mol. The van der Waals surface area contributed by atoms with Crippen molar-refractivity contribution in [1.29, 1.82) is 0 Å². The zero-order valence-corrected chi connectivity index (χ0v) is 11.9. The highest BCUT2D eigenvalue weighted by Crippen LogP contribution is 2.28. The summed E-state index contributed by atoms with van der Waals surface area (Å²) in [5, 5.41) is 10.8. The van der Waals surface area contributed by atoms with Crippen LogP contribution in [-0.2, 0) is 5.60 Å². The molecule has 0 saturated heterocycles. The Balaban J connectivity index is 2.03. The lowest BCUT2D eigenvalue weighted by atomic mass is 9.84. The molecule has 1 aliphatic carbocycles. The highest BCUT2D eigenvalue weighted by molar-refractivity contribution is 5.23. The first-order valence-electron chi connectivity index (χ1n) is 7.38. The summed E-state index contributed by atoms with van der Waals surface area (Å²) in [6.07, 6.45) is 4.04. The zero-order valence-electron chi connectivity index (χ0n) is 11.9. The Hall–Kier alpha value is -0.900. The Morgan fingerprint density at radius 1 is 1.32 bits per heavy atom. The van der Waals surface area contributed by atoms with E-state index in [9.17, 15) is 5.11 Å². The summed E-state index contributed by atoms with van der Waals surface area (Å²) in [6.45, 7) is 5.09. The van der Waals surface area contributed by atoms with Crippen molar-refractivity contribution in [3.05, 3.63) is 35.9 Å². The van der Waals surface area contributed by atoms with Crippen molar-refractivity contribution in [3.63, 3.8) is 0 Å². The van der Waals surface area contributed by atoms with Gasteiger partial charge in [0.15, 0.2) is 0 Å². The average Bonchev–Trinajstić information content (AvgIpc) is 2.42. The SMILES string of the molecule is CCN(CC1CCC1)CC(O)(CN)c1ccccc1. The van der Waals surface area contributed by atoms with Gasteiger partial charge in [0.25, 0.3) is 0 Å². The highest BCUT2D eigenvalue weighted by atomic mass is 16.3. The van der Waals surface area contributed by atoms with Crippen molar-refractivity contribution >= 4 is 0 Å². The molecule has 0 aliphatic heterocycles. The number of rotatable bonds is 7. The van der Waals surface area contributed by atoms with Crippen molar-refractivity contribution in [3.8, 4) is 0 Å². The minimum atomic E-state index is -0.930. The van der Waals surface area contributed by atoms with Crippen LogP contribution in [0.1, 0.15) is 31.7 Å². The number of likely N-dealkylation sites (N-methyl/N-ethyl adjacent to an activating group) is 1. The standard InChI is InChI=1S/C16H26N2O/c1-2-18(11-14-7-6-8-14)13-16(19,12-17)15-9-4-3-5-10-15/h3-5,9-10,14,19H,2,6-8,11-13,17H2,1H3. The van der Waals surface area contributed by atoms with Gasteiger partial charge in [0.2, 0.25) is 0 Å². The van der Waals surface area contributed by atoms with E-state index in [4.69, 9.17) is 5.73 Å². The maximum atomic E-state index is 10.8. The Kier molecular flexibility index (Phi) is 4.97. The van der Waals surface area contributed by atoms with E-state index in [2.05, 4.69) is 11.8 Å².